The molecule has 0 aliphatic rings. The number of benzene rings is 3. The minimum Gasteiger partial charge on any atom is -0.484 e. The number of H-pyrrole nitrogens is 1. The van der Waals surface area contributed by atoms with Crippen molar-refractivity contribution in [3.05, 3.63) is 83.9 Å². The lowest BCUT2D eigenvalue weighted by atomic mass is 10.1. The Bertz CT molecular complexity index is 1160. The molecule has 0 unspecified atom stereocenters. The lowest BCUT2D eigenvalue weighted by molar-refractivity contribution is -0.118. The molecule has 6 heteroatoms. The molecule has 0 radical (unpaired) electrons. The average molecular weight is 375 g/mol. The van der Waals surface area contributed by atoms with Crippen LogP contribution < -0.4 is 10.1 Å². The average Bonchev–Trinajstić information content (AvgIpc) is 3.12. The molecule has 134 valence electrons. The Morgan fingerprint density at radius 1 is 1.04 bits per heavy atom. The molecule has 1 amide bonds. The van der Waals surface area contributed by atoms with Gasteiger partial charge in [0.05, 0.1) is 0 Å². The molecule has 27 heavy (non-hydrogen) atoms. The van der Waals surface area contributed by atoms with Crippen LogP contribution >= 0.6 is 12.2 Å². The van der Waals surface area contributed by atoms with Gasteiger partial charge in [-0.2, -0.15) is 0 Å². The molecule has 0 aliphatic heterocycles. The smallest absolute Gasteiger partial charge is 0.262 e. The van der Waals surface area contributed by atoms with Crippen LogP contribution in [0.2, 0.25) is 0 Å². The van der Waals surface area contributed by atoms with Gasteiger partial charge in [0, 0.05) is 23.8 Å². The number of nitrogens with one attached hydrogen (secondary N) is 2. The minimum atomic E-state index is -0.224. The van der Waals surface area contributed by atoms with Crippen LogP contribution in [-0.4, -0.2) is 22.1 Å². The van der Waals surface area contributed by atoms with Crippen LogP contribution in [0, 0.1) is 4.77 Å². The summed E-state index contributed by atoms with van der Waals surface area (Å²) >= 11 is 5.23. The fourth-order valence-corrected chi connectivity index (χ4v) is 3.09. The molecule has 0 fully saturated rings. The summed E-state index contributed by atoms with van der Waals surface area (Å²) in [7, 11) is 0. The van der Waals surface area contributed by atoms with E-state index in [2.05, 4.69) is 10.3 Å². The molecule has 3 aromatic carbocycles. The zero-order valence-electron chi connectivity index (χ0n) is 14.4. The number of imidazole rings is 1. The Kier molecular flexibility index (Phi) is 4.72. The summed E-state index contributed by atoms with van der Waals surface area (Å²) in [5.74, 6) is 0.439. The van der Waals surface area contributed by atoms with E-state index in [4.69, 9.17) is 17.0 Å². The topological polar surface area (TPSA) is 59.0 Å². The van der Waals surface area contributed by atoms with Gasteiger partial charge in [-0.25, -0.2) is 0 Å². The maximum atomic E-state index is 12.2. The Labute approximate surface area is 161 Å². The summed E-state index contributed by atoms with van der Waals surface area (Å²) in [6.45, 7) is -0.0633. The van der Waals surface area contributed by atoms with Gasteiger partial charge in [-0.1, -0.05) is 36.4 Å². The van der Waals surface area contributed by atoms with Gasteiger partial charge in [-0.15, -0.1) is 0 Å². The third kappa shape index (κ3) is 3.91. The molecule has 4 rings (SSSR count). The first kappa shape index (κ1) is 17.1. The monoisotopic (exact) mass is 375 g/mol. The van der Waals surface area contributed by atoms with E-state index in [9.17, 15) is 4.79 Å². The highest BCUT2D eigenvalue weighted by Gasteiger charge is 2.06. The van der Waals surface area contributed by atoms with Gasteiger partial charge in [0.2, 0.25) is 0 Å². The number of hydrogen-bond donors (Lipinski definition) is 2. The van der Waals surface area contributed by atoms with Gasteiger partial charge in [-0.3, -0.25) is 9.36 Å². The van der Waals surface area contributed by atoms with Crippen molar-refractivity contribution < 1.29 is 9.53 Å². The van der Waals surface area contributed by atoms with Crippen molar-refractivity contribution in [3.8, 4) is 11.4 Å². The molecule has 1 heterocycles. The first-order chi connectivity index (χ1) is 13.2. The second-order valence-electron chi connectivity index (χ2n) is 6.03. The summed E-state index contributed by atoms with van der Waals surface area (Å²) in [5.41, 5.74) is 1.55. The van der Waals surface area contributed by atoms with Gasteiger partial charge in [-0.05, 0) is 53.3 Å². The molecule has 1 aromatic heterocycles. The lowest BCUT2D eigenvalue weighted by Gasteiger charge is -2.10. The fraction of sp³-hybridized carbons (Fsp3) is 0.0476. The SMILES string of the molecule is O=C(COc1ccc2ccccc2c1)Nc1cccc(-n2cc[nH]c2=S)c1. The van der Waals surface area contributed by atoms with E-state index in [1.54, 1.807) is 6.20 Å². The Morgan fingerprint density at radius 2 is 1.89 bits per heavy atom. The molecule has 5 nitrogen and oxygen atoms in total. The van der Waals surface area contributed by atoms with Crippen molar-refractivity contribution in [2.24, 2.45) is 0 Å². The van der Waals surface area contributed by atoms with Crippen LogP contribution in [0.15, 0.2) is 79.1 Å². The third-order valence-corrected chi connectivity index (χ3v) is 4.46. The van der Waals surface area contributed by atoms with Crippen molar-refractivity contribution in [1.29, 1.82) is 0 Å². The number of anilines is 1. The highest BCUT2D eigenvalue weighted by molar-refractivity contribution is 7.71. The van der Waals surface area contributed by atoms with Crippen molar-refractivity contribution in [3.63, 3.8) is 0 Å². The molecular weight excluding hydrogens is 358 g/mol. The number of nitrogens with zero attached hydrogens (tertiary/aromatic N) is 1. The second-order valence-corrected chi connectivity index (χ2v) is 6.42. The molecule has 0 aliphatic carbocycles. The fourth-order valence-electron chi connectivity index (χ4n) is 2.86. The van der Waals surface area contributed by atoms with Gasteiger partial charge in [0.1, 0.15) is 5.75 Å². The molecule has 0 saturated carbocycles. The zero-order valence-corrected chi connectivity index (χ0v) is 15.2. The van der Waals surface area contributed by atoms with E-state index in [1.165, 1.54) is 0 Å². The summed E-state index contributed by atoms with van der Waals surface area (Å²) in [4.78, 5) is 15.2. The van der Waals surface area contributed by atoms with E-state index in [1.807, 2.05) is 77.5 Å². The predicted octanol–water partition coefficient (Wildman–Crippen LogP) is 4.71. The first-order valence-corrected chi connectivity index (χ1v) is 8.88. The molecule has 0 saturated heterocycles. The largest absolute Gasteiger partial charge is 0.484 e. The Hall–Kier alpha value is -3.38. The maximum Gasteiger partial charge on any atom is 0.262 e. The van der Waals surface area contributed by atoms with E-state index in [0.29, 0.717) is 16.2 Å². The number of hydrogen-bond acceptors (Lipinski definition) is 3. The molecule has 0 bridgehead atoms. The van der Waals surface area contributed by atoms with Crippen LogP contribution in [0.4, 0.5) is 5.69 Å². The van der Waals surface area contributed by atoms with Crippen LogP contribution in [0.3, 0.4) is 0 Å². The van der Waals surface area contributed by atoms with E-state index >= 15 is 0 Å². The second kappa shape index (κ2) is 7.47. The van der Waals surface area contributed by atoms with Crippen LogP contribution in [0.25, 0.3) is 16.5 Å². The van der Waals surface area contributed by atoms with Crippen LogP contribution in [0.1, 0.15) is 0 Å². The molecule has 2 N–H and O–H groups in total. The van der Waals surface area contributed by atoms with E-state index < -0.39 is 0 Å². The number of carbonyl (C=O) groups excluding carboxylic acids is 1. The van der Waals surface area contributed by atoms with Crippen molar-refractivity contribution in [2.75, 3.05) is 11.9 Å². The minimum absolute atomic E-state index is 0.0633. The molecule has 4 aromatic rings. The third-order valence-electron chi connectivity index (χ3n) is 4.15. The number of amides is 1. The van der Waals surface area contributed by atoms with Crippen molar-refractivity contribution in [2.45, 2.75) is 0 Å². The molecular formula is C21H17N3O2S. The Balaban J connectivity index is 1.42. The molecule has 0 atom stereocenters. The number of carbonyl (C=O) groups is 1. The summed E-state index contributed by atoms with van der Waals surface area (Å²) in [5, 5.41) is 5.06. The number of rotatable bonds is 5. The van der Waals surface area contributed by atoms with Crippen LogP contribution in [-0.2, 0) is 4.79 Å². The number of aromatic amines is 1. The summed E-state index contributed by atoms with van der Waals surface area (Å²) in [6, 6.07) is 21.3. The lowest BCUT2D eigenvalue weighted by Crippen LogP contribution is -2.20. The first-order valence-electron chi connectivity index (χ1n) is 8.47. The van der Waals surface area contributed by atoms with E-state index in [-0.39, 0.29) is 12.5 Å². The summed E-state index contributed by atoms with van der Waals surface area (Å²) in [6.07, 6.45) is 3.61. The van der Waals surface area contributed by atoms with Gasteiger partial charge < -0.3 is 15.0 Å². The number of aromatic nitrogens is 2. The summed E-state index contributed by atoms with van der Waals surface area (Å²) < 4.78 is 8.06. The van der Waals surface area contributed by atoms with Gasteiger partial charge in [0.25, 0.3) is 5.91 Å². The van der Waals surface area contributed by atoms with Gasteiger partial charge in [0.15, 0.2) is 11.4 Å². The van der Waals surface area contributed by atoms with E-state index in [0.717, 1.165) is 16.5 Å². The highest BCUT2D eigenvalue weighted by Crippen LogP contribution is 2.20. The number of ether oxygens (including phenoxy) is 1. The molecule has 0 spiro atoms. The van der Waals surface area contributed by atoms with Gasteiger partial charge >= 0.3 is 0 Å². The normalized spacial score (nSPS) is 10.7. The maximum absolute atomic E-state index is 12.2. The van der Waals surface area contributed by atoms with Crippen molar-refractivity contribution in [1.82, 2.24) is 9.55 Å². The quantitative estimate of drug-likeness (QED) is 0.497. The Morgan fingerprint density at radius 3 is 2.70 bits per heavy atom. The predicted molar refractivity (Wildman–Crippen MR) is 109 cm³/mol. The van der Waals surface area contributed by atoms with Crippen molar-refractivity contribution >= 4 is 34.6 Å². The number of fused-ring (bicyclic) bond motifs is 1. The highest BCUT2D eigenvalue weighted by atomic mass is 32.1. The van der Waals surface area contributed by atoms with Crippen LogP contribution in [0.5, 0.6) is 5.75 Å². The zero-order chi connectivity index (χ0) is 18.6. The standard InChI is InChI=1S/C21H17N3O2S/c25-20(14-26-19-9-8-15-4-1-2-5-16(15)12-19)23-17-6-3-7-18(13-17)24-11-10-22-21(24)27/h1-13H,14H2,(H,22,27)(H,23,25).